The fourth-order valence-electron chi connectivity index (χ4n) is 2.61. The molecule has 0 fully saturated rings. The lowest BCUT2D eigenvalue weighted by molar-refractivity contribution is 0.434. The minimum Gasteiger partial charge on any atom is -0.398 e. The van der Waals surface area contributed by atoms with Gasteiger partial charge in [0, 0.05) is 5.69 Å². The summed E-state index contributed by atoms with van der Waals surface area (Å²) < 4.78 is 0. The van der Waals surface area contributed by atoms with Gasteiger partial charge in [0.1, 0.15) is 0 Å². The van der Waals surface area contributed by atoms with E-state index in [9.17, 15) is 0 Å². The van der Waals surface area contributed by atoms with E-state index in [0.29, 0.717) is 0 Å². The predicted molar refractivity (Wildman–Crippen MR) is 61.4 cm³/mol. The van der Waals surface area contributed by atoms with E-state index in [1.807, 2.05) is 6.07 Å². The topological polar surface area (TPSA) is 26.0 Å². The molecule has 0 aromatic heterocycles. The summed E-state index contributed by atoms with van der Waals surface area (Å²) in [5.74, 6) is 1.46. The number of anilines is 1. The molecule has 2 N–H and O–H groups in total. The van der Waals surface area contributed by atoms with Crippen LogP contribution in [-0.2, 0) is 6.42 Å². The first-order valence-corrected chi connectivity index (χ1v) is 5.57. The Labute approximate surface area is 86.3 Å². The molecule has 0 spiro atoms. The summed E-state index contributed by atoms with van der Waals surface area (Å²) in [6.45, 7) is 4.62. The number of nitrogen functional groups attached to an aromatic ring is 1. The molecule has 0 heterocycles. The maximum atomic E-state index is 6.00. The number of fused-ring (bicyclic) bond motifs is 1. The molecule has 0 amide bonds. The van der Waals surface area contributed by atoms with E-state index in [2.05, 4.69) is 26.0 Å². The van der Waals surface area contributed by atoms with E-state index in [1.165, 1.54) is 30.4 Å². The van der Waals surface area contributed by atoms with Gasteiger partial charge >= 0.3 is 0 Å². The van der Waals surface area contributed by atoms with Crippen LogP contribution < -0.4 is 5.73 Å². The summed E-state index contributed by atoms with van der Waals surface area (Å²) in [4.78, 5) is 0. The molecule has 1 aromatic carbocycles. The van der Waals surface area contributed by atoms with Crippen molar-refractivity contribution in [2.24, 2.45) is 5.92 Å². The van der Waals surface area contributed by atoms with E-state index in [0.717, 1.165) is 17.5 Å². The van der Waals surface area contributed by atoms with Gasteiger partial charge in [0.25, 0.3) is 0 Å². The number of hydrogen-bond donors (Lipinski definition) is 1. The van der Waals surface area contributed by atoms with Crippen LogP contribution in [-0.4, -0.2) is 0 Å². The van der Waals surface area contributed by atoms with Gasteiger partial charge in [-0.1, -0.05) is 26.0 Å². The van der Waals surface area contributed by atoms with Gasteiger partial charge in [0.05, 0.1) is 0 Å². The molecule has 1 aliphatic carbocycles. The molecule has 1 heteroatoms. The quantitative estimate of drug-likeness (QED) is 0.674. The Balaban J connectivity index is 2.44. The molecule has 76 valence electrons. The Morgan fingerprint density at radius 3 is 2.86 bits per heavy atom. The zero-order chi connectivity index (χ0) is 10.1. The Morgan fingerprint density at radius 2 is 2.14 bits per heavy atom. The number of nitrogens with two attached hydrogens (primary N) is 1. The molecule has 2 rings (SSSR count). The van der Waals surface area contributed by atoms with E-state index in [1.54, 1.807) is 0 Å². The Kier molecular flexibility index (Phi) is 2.49. The lowest BCUT2D eigenvalue weighted by atomic mass is 9.76. The monoisotopic (exact) mass is 189 g/mol. The molecule has 0 saturated heterocycles. The molecule has 1 nitrogen and oxygen atoms in total. The number of hydrogen-bond acceptors (Lipinski definition) is 1. The van der Waals surface area contributed by atoms with Crippen molar-refractivity contribution < 1.29 is 0 Å². The van der Waals surface area contributed by atoms with E-state index >= 15 is 0 Å². The van der Waals surface area contributed by atoms with Crippen LogP contribution in [0, 0.1) is 5.92 Å². The molecule has 0 aliphatic heterocycles. The van der Waals surface area contributed by atoms with Crippen LogP contribution in [0.25, 0.3) is 0 Å². The maximum absolute atomic E-state index is 6.00. The molecule has 0 bridgehead atoms. The standard InChI is InChI=1S/C13H19N/c1-9(2)10-5-3-7-12-11(10)6-4-8-13(12)14/h4,6,8-10H,3,5,7,14H2,1-2H3. The van der Waals surface area contributed by atoms with Gasteiger partial charge in [-0.15, -0.1) is 0 Å². The fraction of sp³-hybridized carbons (Fsp3) is 0.538. The van der Waals surface area contributed by atoms with Gasteiger partial charge in [-0.05, 0) is 48.3 Å². The van der Waals surface area contributed by atoms with Crippen LogP contribution in [0.2, 0.25) is 0 Å². The summed E-state index contributed by atoms with van der Waals surface area (Å²) in [7, 11) is 0. The van der Waals surface area contributed by atoms with E-state index in [-0.39, 0.29) is 0 Å². The minimum atomic E-state index is 0.724. The Bertz CT molecular complexity index is 328. The Morgan fingerprint density at radius 1 is 1.36 bits per heavy atom. The summed E-state index contributed by atoms with van der Waals surface area (Å²) >= 11 is 0. The first kappa shape index (κ1) is 9.57. The van der Waals surface area contributed by atoms with Gasteiger partial charge in [-0.3, -0.25) is 0 Å². The second kappa shape index (κ2) is 3.64. The third-order valence-electron chi connectivity index (χ3n) is 3.39. The van der Waals surface area contributed by atoms with Crippen LogP contribution in [0.15, 0.2) is 18.2 Å². The molecule has 0 saturated carbocycles. The maximum Gasteiger partial charge on any atom is 0.0349 e. The first-order chi connectivity index (χ1) is 6.70. The second-order valence-electron chi connectivity index (χ2n) is 4.66. The predicted octanol–water partition coefficient (Wildman–Crippen LogP) is 3.34. The van der Waals surface area contributed by atoms with Crippen molar-refractivity contribution in [1.82, 2.24) is 0 Å². The van der Waals surface area contributed by atoms with Crippen molar-refractivity contribution in [1.29, 1.82) is 0 Å². The first-order valence-electron chi connectivity index (χ1n) is 5.57. The zero-order valence-electron chi connectivity index (χ0n) is 9.09. The molecule has 0 radical (unpaired) electrons. The minimum absolute atomic E-state index is 0.724. The van der Waals surface area contributed by atoms with E-state index < -0.39 is 0 Å². The molecular formula is C13H19N. The van der Waals surface area contributed by atoms with Gasteiger partial charge in [-0.25, -0.2) is 0 Å². The highest BCUT2D eigenvalue weighted by atomic mass is 14.6. The van der Waals surface area contributed by atoms with Crippen molar-refractivity contribution in [3.8, 4) is 0 Å². The lowest BCUT2D eigenvalue weighted by Crippen LogP contribution is -2.15. The largest absolute Gasteiger partial charge is 0.398 e. The van der Waals surface area contributed by atoms with Crippen LogP contribution >= 0.6 is 0 Å². The third-order valence-corrected chi connectivity index (χ3v) is 3.39. The molecule has 1 aliphatic rings. The smallest absolute Gasteiger partial charge is 0.0349 e. The van der Waals surface area contributed by atoms with Gasteiger partial charge in [0.2, 0.25) is 0 Å². The SMILES string of the molecule is CC(C)C1CCCc2c(N)cccc21. The Hall–Kier alpha value is -0.980. The zero-order valence-corrected chi connectivity index (χ0v) is 9.09. The fourth-order valence-corrected chi connectivity index (χ4v) is 2.61. The molecule has 1 unspecified atom stereocenters. The van der Waals surface area contributed by atoms with Crippen molar-refractivity contribution in [3.05, 3.63) is 29.3 Å². The summed E-state index contributed by atoms with van der Waals surface area (Å²) in [5.41, 5.74) is 9.92. The highest BCUT2D eigenvalue weighted by molar-refractivity contribution is 5.53. The van der Waals surface area contributed by atoms with Gasteiger partial charge < -0.3 is 5.73 Å². The molecule has 14 heavy (non-hydrogen) atoms. The van der Waals surface area contributed by atoms with Crippen LogP contribution in [0.4, 0.5) is 5.69 Å². The van der Waals surface area contributed by atoms with Crippen molar-refractivity contribution in [2.75, 3.05) is 5.73 Å². The van der Waals surface area contributed by atoms with Gasteiger partial charge in [0.15, 0.2) is 0 Å². The number of rotatable bonds is 1. The average molecular weight is 189 g/mol. The van der Waals surface area contributed by atoms with Crippen molar-refractivity contribution >= 4 is 5.69 Å². The molecule has 1 atom stereocenters. The van der Waals surface area contributed by atoms with Gasteiger partial charge in [-0.2, -0.15) is 0 Å². The summed E-state index contributed by atoms with van der Waals surface area (Å²) in [6, 6.07) is 6.38. The van der Waals surface area contributed by atoms with Crippen molar-refractivity contribution in [2.45, 2.75) is 39.0 Å². The molecular weight excluding hydrogens is 170 g/mol. The van der Waals surface area contributed by atoms with Crippen LogP contribution in [0.3, 0.4) is 0 Å². The third kappa shape index (κ3) is 1.52. The number of benzene rings is 1. The summed E-state index contributed by atoms with van der Waals surface area (Å²) in [6.07, 6.45) is 3.80. The highest BCUT2D eigenvalue weighted by Gasteiger charge is 2.23. The normalized spacial score (nSPS) is 20.9. The highest BCUT2D eigenvalue weighted by Crippen LogP contribution is 2.38. The van der Waals surface area contributed by atoms with E-state index in [4.69, 9.17) is 5.73 Å². The molecule has 1 aromatic rings. The van der Waals surface area contributed by atoms with Crippen LogP contribution in [0.5, 0.6) is 0 Å². The lowest BCUT2D eigenvalue weighted by Gasteiger charge is -2.29. The summed E-state index contributed by atoms with van der Waals surface area (Å²) in [5, 5.41) is 0. The average Bonchev–Trinajstić information content (AvgIpc) is 2.17. The second-order valence-corrected chi connectivity index (χ2v) is 4.66. The van der Waals surface area contributed by atoms with Crippen molar-refractivity contribution in [3.63, 3.8) is 0 Å². The van der Waals surface area contributed by atoms with Crippen LogP contribution in [0.1, 0.15) is 43.7 Å².